The first-order chi connectivity index (χ1) is 20.6. The third kappa shape index (κ3) is 4.01. The number of rotatable bonds is 4. The van der Waals surface area contributed by atoms with Crippen LogP contribution in [0.25, 0.3) is 23.0 Å². The normalized spacial score (nSPS) is 20.2. The smallest absolute Gasteiger partial charge is 0.243 e. The highest BCUT2D eigenvalue weighted by atomic mass is 32.1. The van der Waals surface area contributed by atoms with Crippen molar-refractivity contribution < 1.29 is 14.1 Å². The lowest BCUT2D eigenvalue weighted by molar-refractivity contribution is -0.145. The molecule has 2 unspecified atom stereocenters. The van der Waals surface area contributed by atoms with Gasteiger partial charge in [0.15, 0.2) is 16.3 Å². The Hall–Kier alpha value is -5.14. The Balaban J connectivity index is 1.65. The summed E-state index contributed by atoms with van der Waals surface area (Å²) in [4.78, 5) is 29.2. The Labute approximate surface area is 248 Å². The maximum Gasteiger partial charge on any atom is 0.243 e. The van der Waals surface area contributed by atoms with E-state index < -0.39 is 29.1 Å². The van der Waals surface area contributed by atoms with E-state index in [4.69, 9.17) is 16.7 Å². The van der Waals surface area contributed by atoms with Crippen LogP contribution < -0.4 is 10.6 Å². The zero-order valence-electron chi connectivity index (χ0n) is 22.4. The van der Waals surface area contributed by atoms with E-state index in [1.165, 1.54) is 0 Å². The molecular weight excluding hydrogens is 542 g/mol. The van der Waals surface area contributed by atoms with Gasteiger partial charge in [0.1, 0.15) is 5.69 Å². The lowest BCUT2D eigenvalue weighted by Crippen LogP contribution is -2.67. The second kappa shape index (κ2) is 10.4. The van der Waals surface area contributed by atoms with Gasteiger partial charge in [-0.15, -0.1) is 0 Å². The zero-order chi connectivity index (χ0) is 28.7. The van der Waals surface area contributed by atoms with Gasteiger partial charge in [-0.3, -0.25) is 9.59 Å². The molecule has 0 radical (unpaired) electrons. The summed E-state index contributed by atoms with van der Waals surface area (Å²) in [6, 6.07) is 38.7. The number of fused-ring (bicyclic) bond motifs is 1. The van der Waals surface area contributed by atoms with Crippen LogP contribution in [0.2, 0.25) is 0 Å². The summed E-state index contributed by atoms with van der Waals surface area (Å²) in [6.07, 6.45) is 2.00. The molecule has 7 heteroatoms. The molecule has 6 nitrogen and oxygen atoms in total. The van der Waals surface area contributed by atoms with Crippen molar-refractivity contribution in [3.63, 3.8) is 0 Å². The van der Waals surface area contributed by atoms with Crippen LogP contribution >= 0.6 is 12.2 Å². The number of benzene rings is 4. The molecule has 1 aliphatic carbocycles. The summed E-state index contributed by atoms with van der Waals surface area (Å²) in [5.74, 6) is -1.91. The maximum atomic E-state index is 14.6. The molecule has 1 fully saturated rings. The number of nitrogens with one attached hydrogen (secondary N) is 2. The average Bonchev–Trinajstić information content (AvgIpc) is 3.46. The largest absolute Gasteiger partial charge is 0.355 e. The lowest BCUT2D eigenvalue weighted by Gasteiger charge is -2.49. The third-order valence-corrected chi connectivity index (χ3v) is 8.34. The van der Waals surface area contributed by atoms with Gasteiger partial charge in [0.2, 0.25) is 11.8 Å². The summed E-state index contributed by atoms with van der Waals surface area (Å²) in [7, 11) is 0. The summed E-state index contributed by atoms with van der Waals surface area (Å²) in [6.45, 7) is 0. The fourth-order valence-corrected chi connectivity index (χ4v) is 6.65. The highest BCUT2D eigenvalue weighted by molar-refractivity contribution is 7.80. The van der Waals surface area contributed by atoms with E-state index in [0.29, 0.717) is 22.6 Å². The van der Waals surface area contributed by atoms with E-state index in [1.54, 1.807) is 0 Å². The number of hydrogen-bond donors (Lipinski definition) is 2. The molecule has 2 aliphatic rings. The number of thiocarbonyl (C=S) groups is 1. The Morgan fingerprint density at radius 3 is 1.76 bits per heavy atom. The Morgan fingerprint density at radius 2 is 1.19 bits per heavy atom. The van der Waals surface area contributed by atoms with Crippen LogP contribution in [-0.2, 0) is 9.59 Å². The zero-order valence-corrected chi connectivity index (χ0v) is 23.2. The second-order valence-electron chi connectivity index (χ2n) is 10.4. The van der Waals surface area contributed by atoms with E-state index in [1.807, 2.05) is 127 Å². The minimum atomic E-state index is -1.67. The van der Waals surface area contributed by atoms with Gasteiger partial charge in [-0.1, -0.05) is 126 Å². The van der Waals surface area contributed by atoms with Gasteiger partial charge in [-0.05, 0) is 40.6 Å². The van der Waals surface area contributed by atoms with E-state index in [2.05, 4.69) is 15.8 Å². The lowest BCUT2D eigenvalue weighted by atomic mass is 9.52. The van der Waals surface area contributed by atoms with Crippen LogP contribution in [-0.4, -0.2) is 22.1 Å². The van der Waals surface area contributed by atoms with Crippen molar-refractivity contribution >= 4 is 40.8 Å². The third-order valence-electron chi connectivity index (χ3n) is 8.14. The van der Waals surface area contributed by atoms with Crippen molar-refractivity contribution in [2.75, 3.05) is 0 Å². The van der Waals surface area contributed by atoms with Gasteiger partial charge in [0.05, 0.1) is 0 Å². The highest BCUT2D eigenvalue weighted by Crippen LogP contribution is 2.62. The van der Waals surface area contributed by atoms with Crippen molar-refractivity contribution in [2.45, 2.75) is 11.8 Å². The van der Waals surface area contributed by atoms with Crippen LogP contribution in [0.15, 0.2) is 126 Å². The first kappa shape index (κ1) is 25.8. The molecule has 1 aliphatic heterocycles. The summed E-state index contributed by atoms with van der Waals surface area (Å²) in [5, 5.41) is 10.3. The molecule has 1 saturated heterocycles. The number of nitrogens with zero attached hydrogens (tertiary/aromatic N) is 1. The molecule has 7 rings (SSSR count). The molecule has 5 aromatic rings. The van der Waals surface area contributed by atoms with E-state index >= 15 is 0 Å². The van der Waals surface area contributed by atoms with Crippen molar-refractivity contribution in [1.29, 1.82) is 0 Å². The van der Waals surface area contributed by atoms with Crippen LogP contribution in [0, 0.1) is 5.41 Å². The quantitative estimate of drug-likeness (QED) is 0.196. The Bertz CT molecular complexity index is 1810. The van der Waals surface area contributed by atoms with Gasteiger partial charge < -0.3 is 15.2 Å². The summed E-state index contributed by atoms with van der Waals surface area (Å²) >= 11 is 5.31. The van der Waals surface area contributed by atoms with Crippen LogP contribution in [0.1, 0.15) is 39.8 Å². The first-order valence-corrected chi connectivity index (χ1v) is 14.1. The number of carbonyl (C=O) groups is 2. The highest BCUT2D eigenvalue weighted by Gasteiger charge is 2.65. The Morgan fingerprint density at radius 1 is 0.690 bits per heavy atom. The minimum absolute atomic E-state index is 0.0118. The number of aromatic nitrogens is 1. The number of carbonyl (C=O) groups excluding carboxylic acids is 2. The van der Waals surface area contributed by atoms with E-state index in [9.17, 15) is 9.59 Å². The monoisotopic (exact) mass is 567 g/mol. The molecule has 2 heterocycles. The molecule has 1 spiro atoms. The molecule has 0 bridgehead atoms. The van der Waals surface area contributed by atoms with Gasteiger partial charge in [0.25, 0.3) is 0 Å². The Kier molecular flexibility index (Phi) is 6.36. The van der Waals surface area contributed by atoms with Crippen LogP contribution in [0.3, 0.4) is 0 Å². The molecule has 2 N–H and O–H groups in total. The first-order valence-electron chi connectivity index (χ1n) is 13.7. The van der Waals surface area contributed by atoms with Crippen molar-refractivity contribution in [1.82, 2.24) is 15.8 Å². The predicted molar refractivity (Wildman–Crippen MR) is 165 cm³/mol. The van der Waals surface area contributed by atoms with E-state index in [0.717, 1.165) is 22.3 Å². The number of amides is 2. The standard InChI is InChI=1S/C35H25N3O3S/c39-32-35(33(40)37-34(42)36-32)28(23-15-7-2-8-16-23)26(21-22-13-5-1-6-14-22)30-27(29(35)24-17-9-3-10-18-24)31(41-38-30)25-19-11-4-12-20-25/h1-21,28-29H,(H2,36,37,39,40,42)/b26-21-. The average molecular weight is 568 g/mol. The summed E-state index contributed by atoms with van der Waals surface area (Å²) in [5.41, 5.74) is 3.62. The molecule has 0 saturated carbocycles. The number of hydrogen-bond acceptors (Lipinski definition) is 5. The van der Waals surface area contributed by atoms with Crippen LogP contribution in [0.5, 0.6) is 0 Å². The van der Waals surface area contributed by atoms with Gasteiger partial charge in [-0.2, -0.15) is 0 Å². The molecule has 204 valence electrons. The molecule has 2 amide bonds. The molecule has 42 heavy (non-hydrogen) atoms. The number of allylic oxidation sites excluding steroid dienone is 1. The SMILES string of the molecule is O=C1NC(=S)NC(=O)C12C(c1ccccc1)/C(=C/c1ccccc1)c1noc(-c3ccccc3)c1C2c1ccccc1. The van der Waals surface area contributed by atoms with Crippen molar-refractivity contribution in [3.05, 3.63) is 149 Å². The van der Waals surface area contributed by atoms with Gasteiger partial charge in [-0.25, -0.2) is 0 Å². The summed E-state index contributed by atoms with van der Waals surface area (Å²) < 4.78 is 6.15. The molecule has 4 aromatic carbocycles. The fourth-order valence-electron chi connectivity index (χ4n) is 6.46. The molecule has 1 aromatic heterocycles. The van der Waals surface area contributed by atoms with Crippen molar-refractivity contribution in [2.24, 2.45) is 5.41 Å². The fraction of sp³-hybridized carbons (Fsp3) is 0.0857. The minimum Gasteiger partial charge on any atom is -0.355 e. The predicted octanol–water partition coefficient (Wildman–Crippen LogP) is 6.33. The topological polar surface area (TPSA) is 84.2 Å². The van der Waals surface area contributed by atoms with E-state index in [-0.39, 0.29) is 5.11 Å². The van der Waals surface area contributed by atoms with Gasteiger partial charge >= 0.3 is 0 Å². The van der Waals surface area contributed by atoms with Gasteiger partial charge in [0, 0.05) is 23.0 Å². The molecular formula is C35H25N3O3S. The molecule has 2 atom stereocenters. The second-order valence-corrected chi connectivity index (χ2v) is 10.9. The van der Waals surface area contributed by atoms with Crippen LogP contribution in [0.4, 0.5) is 0 Å². The maximum absolute atomic E-state index is 14.6. The van der Waals surface area contributed by atoms with Crippen molar-refractivity contribution in [3.8, 4) is 11.3 Å².